The molecule has 5 nitrogen and oxygen atoms in total. The summed E-state index contributed by atoms with van der Waals surface area (Å²) in [5.41, 5.74) is 3.30. The van der Waals surface area contributed by atoms with Gasteiger partial charge in [-0.15, -0.1) is 0 Å². The average molecular weight is 440 g/mol. The van der Waals surface area contributed by atoms with Crippen molar-refractivity contribution in [2.24, 2.45) is 0 Å². The number of benzene rings is 2. The van der Waals surface area contributed by atoms with Gasteiger partial charge >= 0.3 is 0 Å². The van der Waals surface area contributed by atoms with Crippen LogP contribution in [0, 0.1) is 5.82 Å². The van der Waals surface area contributed by atoms with Gasteiger partial charge in [0.1, 0.15) is 11.9 Å². The third kappa shape index (κ3) is 5.46. The molecule has 2 aromatic carbocycles. The van der Waals surface area contributed by atoms with E-state index in [0.29, 0.717) is 48.9 Å². The van der Waals surface area contributed by atoms with Gasteiger partial charge in [0.15, 0.2) is 0 Å². The number of aryl methyl sites for hydroxylation is 1. The second-order valence-electron chi connectivity index (χ2n) is 7.48. The van der Waals surface area contributed by atoms with Crippen molar-refractivity contribution in [3.05, 3.63) is 83.0 Å². The third-order valence-electron chi connectivity index (χ3n) is 5.32. The molecule has 2 heterocycles. The van der Waals surface area contributed by atoms with E-state index in [1.54, 1.807) is 24.5 Å². The van der Waals surface area contributed by atoms with Gasteiger partial charge in [-0.2, -0.15) is 0 Å². The molecule has 160 valence electrons. The van der Waals surface area contributed by atoms with Gasteiger partial charge in [0.2, 0.25) is 5.91 Å². The molecule has 3 aromatic rings. The predicted molar refractivity (Wildman–Crippen MR) is 117 cm³/mol. The first kappa shape index (κ1) is 21.4. The van der Waals surface area contributed by atoms with Gasteiger partial charge in [0.05, 0.1) is 24.5 Å². The van der Waals surface area contributed by atoms with E-state index in [0.717, 1.165) is 17.5 Å². The number of hydrogen-bond acceptors (Lipinski definition) is 4. The maximum atomic E-state index is 13.0. The van der Waals surface area contributed by atoms with Gasteiger partial charge in [-0.05, 0) is 42.7 Å². The Labute approximate surface area is 185 Å². The summed E-state index contributed by atoms with van der Waals surface area (Å²) in [6.07, 6.45) is 4.81. The number of ether oxygens (including phenoxy) is 1. The molecule has 1 fully saturated rings. The monoisotopic (exact) mass is 439 g/mol. The molecule has 0 unspecified atom stereocenters. The summed E-state index contributed by atoms with van der Waals surface area (Å²) in [7, 11) is 0. The molecular weight excluding hydrogens is 417 g/mol. The fourth-order valence-electron chi connectivity index (χ4n) is 3.74. The molecule has 1 aliphatic rings. The molecule has 4 rings (SSSR count). The molecule has 0 N–H and O–H groups in total. The van der Waals surface area contributed by atoms with Crippen molar-refractivity contribution in [3.63, 3.8) is 0 Å². The van der Waals surface area contributed by atoms with Crippen molar-refractivity contribution >= 4 is 17.5 Å². The molecule has 31 heavy (non-hydrogen) atoms. The van der Waals surface area contributed by atoms with Crippen LogP contribution in [0.4, 0.5) is 4.39 Å². The van der Waals surface area contributed by atoms with Gasteiger partial charge in [0, 0.05) is 35.9 Å². The van der Waals surface area contributed by atoms with E-state index in [-0.39, 0.29) is 17.8 Å². The maximum absolute atomic E-state index is 13.0. The van der Waals surface area contributed by atoms with Crippen LogP contribution in [-0.4, -0.2) is 40.5 Å². The number of halogens is 2. The summed E-state index contributed by atoms with van der Waals surface area (Å²) < 4.78 is 19.0. The summed E-state index contributed by atoms with van der Waals surface area (Å²) in [4.78, 5) is 23.6. The van der Waals surface area contributed by atoms with Crippen LogP contribution in [0.15, 0.2) is 60.9 Å². The Hall–Kier alpha value is -2.83. The first-order chi connectivity index (χ1) is 15.1. The molecule has 0 aliphatic carbocycles. The highest BCUT2D eigenvalue weighted by Crippen LogP contribution is 2.30. The minimum Gasteiger partial charge on any atom is -0.368 e. The van der Waals surface area contributed by atoms with E-state index in [1.807, 2.05) is 29.2 Å². The molecule has 0 radical (unpaired) electrons. The molecule has 7 heteroatoms. The van der Waals surface area contributed by atoms with Gasteiger partial charge in [0.25, 0.3) is 0 Å². The Kier molecular flexibility index (Phi) is 6.89. The number of aromatic nitrogens is 2. The van der Waals surface area contributed by atoms with Gasteiger partial charge in [-0.25, -0.2) is 4.39 Å². The van der Waals surface area contributed by atoms with Crippen LogP contribution < -0.4 is 0 Å². The maximum Gasteiger partial charge on any atom is 0.222 e. The number of carbonyl (C=O) groups is 1. The van der Waals surface area contributed by atoms with E-state index in [4.69, 9.17) is 16.3 Å². The topological polar surface area (TPSA) is 55.3 Å². The number of carbonyl (C=O) groups excluding carboxylic acids is 1. The normalized spacial score (nSPS) is 16.3. The van der Waals surface area contributed by atoms with Crippen LogP contribution in [-0.2, 0) is 16.0 Å². The lowest BCUT2D eigenvalue weighted by atomic mass is 10.0. The van der Waals surface area contributed by atoms with Crippen LogP contribution in [0.1, 0.15) is 30.2 Å². The van der Waals surface area contributed by atoms with Crippen molar-refractivity contribution in [3.8, 4) is 11.3 Å². The summed E-state index contributed by atoms with van der Waals surface area (Å²) in [5.74, 6) is -0.163. The highest BCUT2D eigenvalue weighted by molar-refractivity contribution is 6.30. The predicted octanol–water partition coefficient (Wildman–Crippen LogP) is 4.86. The zero-order chi connectivity index (χ0) is 21.6. The number of amides is 1. The van der Waals surface area contributed by atoms with Gasteiger partial charge in [-0.3, -0.25) is 14.8 Å². The molecule has 1 aliphatic heterocycles. The summed E-state index contributed by atoms with van der Waals surface area (Å²) in [5, 5.41) is 0.622. The van der Waals surface area contributed by atoms with Crippen molar-refractivity contribution < 1.29 is 13.9 Å². The summed E-state index contributed by atoms with van der Waals surface area (Å²) in [6.45, 7) is 1.43. The van der Waals surface area contributed by atoms with E-state index < -0.39 is 0 Å². The third-order valence-corrected chi connectivity index (χ3v) is 5.55. The molecule has 0 spiro atoms. The Balaban J connectivity index is 1.40. The van der Waals surface area contributed by atoms with Crippen LogP contribution >= 0.6 is 11.6 Å². The lowest BCUT2D eigenvalue weighted by Crippen LogP contribution is -2.42. The van der Waals surface area contributed by atoms with E-state index in [2.05, 4.69) is 9.97 Å². The lowest BCUT2D eigenvalue weighted by molar-refractivity contribution is -0.139. The Bertz CT molecular complexity index is 1050. The zero-order valence-corrected chi connectivity index (χ0v) is 17.8. The van der Waals surface area contributed by atoms with Crippen molar-refractivity contribution in [1.82, 2.24) is 14.9 Å². The lowest BCUT2D eigenvalue weighted by Gasteiger charge is -2.33. The highest BCUT2D eigenvalue weighted by Gasteiger charge is 2.28. The highest BCUT2D eigenvalue weighted by atomic mass is 35.5. The molecular formula is C24H23ClFN3O2. The zero-order valence-electron chi connectivity index (χ0n) is 17.0. The van der Waals surface area contributed by atoms with Crippen LogP contribution in [0.25, 0.3) is 11.3 Å². The van der Waals surface area contributed by atoms with Crippen LogP contribution in [0.3, 0.4) is 0 Å². The minimum absolute atomic E-state index is 0.0867. The largest absolute Gasteiger partial charge is 0.368 e. The van der Waals surface area contributed by atoms with Gasteiger partial charge < -0.3 is 9.64 Å². The first-order valence-electron chi connectivity index (χ1n) is 10.3. The fourth-order valence-corrected chi connectivity index (χ4v) is 3.93. The molecule has 1 saturated heterocycles. The molecule has 0 bridgehead atoms. The first-order valence-corrected chi connectivity index (χ1v) is 10.7. The summed E-state index contributed by atoms with van der Waals surface area (Å²) in [6, 6.07) is 13.9. The number of nitrogens with zero attached hydrogens (tertiary/aromatic N) is 3. The molecule has 0 saturated carbocycles. The Morgan fingerprint density at radius 2 is 1.97 bits per heavy atom. The Morgan fingerprint density at radius 1 is 1.16 bits per heavy atom. The second-order valence-corrected chi connectivity index (χ2v) is 7.92. The van der Waals surface area contributed by atoms with Crippen LogP contribution in [0.5, 0.6) is 0 Å². The summed E-state index contributed by atoms with van der Waals surface area (Å²) >= 11 is 6.15. The van der Waals surface area contributed by atoms with E-state index in [1.165, 1.54) is 12.1 Å². The van der Waals surface area contributed by atoms with Crippen molar-refractivity contribution in [2.75, 3.05) is 19.7 Å². The number of hydrogen-bond donors (Lipinski definition) is 0. The minimum atomic E-state index is -0.350. The smallest absolute Gasteiger partial charge is 0.222 e. The van der Waals surface area contributed by atoms with Crippen LogP contribution in [0.2, 0.25) is 5.02 Å². The van der Waals surface area contributed by atoms with Crippen molar-refractivity contribution in [1.29, 1.82) is 0 Å². The molecule has 1 atom stereocenters. The fraction of sp³-hybridized carbons (Fsp3) is 0.292. The molecule has 1 amide bonds. The number of rotatable bonds is 6. The SMILES string of the molecule is O=C(CCCc1ccc(F)cc1)N1CCO[C@H](c2nccnc2-c2cccc(Cl)c2)C1. The quantitative estimate of drug-likeness (QED) is 0.550. The second kappa shape index (κ2) is 9.98. The van der Waals surface area contributed by atoms with E-state index >= 15 is 0 Å². The molecule has 1 aromatic heterocycles. The number of morpholine rings is 1. The van der Waals surface area contributed by atoms with Gasteiger partial charge in [-0.1, -0.05) is 35.9 Å². The van der Waals surface area contributed by atoms with Crippen molar-refractivity contribution in [2.45, 2.75) is 25.4 Å². The van der Waals surface area contributed by atoms with E-state index in [9.17, 15) is 9.18 Å². The Morgan fingerprint density at radius 3 is 2.77 bits per heavy atom. The standard InChI is InChI=1S/C24H23ClFN3O2/c25-19-5-2-4-18(15-19)23-24(28-12-11-27-23)21-16-29(13-14-31-21)22(30)6-1-3-17-7-9-20(26)10-8-17/h2,4-5,7-12,15,21H,1,3,6,13-14,16H2/t21-/m0/s1. The average Bonchev–Trinajstić information content (AvgIpc) is 2.80.